The topological polar surface area (TPSA) is 86.7 Å². The van der Waals surface area contributed by atoms with Crippen LogP contribution in [0.2, 0.25) is 0 Å². The minimum absolute atomic E-state index is 0.325. The molecule has 4 rings (SSSR count). The van der Waals surface area contributed by atoms with Gasteiger partial charge in [-0.25, -0.2) is 4.79 Å². The van der Waals surface area contributed by atoms with Crippen LogP contribution in [0.25, 0.3) is 22.6 Å². The molecular formula is C22H24N3O4+. The highest BCUT2D eigenvalue weighted by molar-refractivity contribution is 5.80. The Morgan fingerprint density at radius 3 is 2.69 bits per heavy atom. The van der Waals surface area contributed by atoms with E-state index >= 15 is 0 Å². The van der Waals surface area contributed by atoms with Crippen molar-refractivity contribution in [3.8, 4) is 11.7 Å². The molecular weight excluding hydrogens is 370 g/mol. The van der Waals surface area contributed by atoms with Gasteiger partial charge in [-0.1, -0.05) is 26.0 Å². The van der Waals surface area contributed by atoms with Crippen LogP contribution >= 0.6 is 0 Å². The summed E-state index contributed by atoms with van der Waals surface area (Å²) < 4.78 is 16.5. The van der Waals surface area contributed by atoms with Crippen LogP contribution in [0.1, 0.15) is 37.3 Å². The molecule has 7 heteroatoms. The molecule has 0 aliphatic rings. The quantitative estimate of drug-likeness (QED) is 0.462. The average Bonchev–Trinajstić information content (AvgIpc) is 3.39. The lowest BCUT2D eigenvalue weighted by molar-refractivity contribution is -0.928. The molecule has 0 saturated carbocycles. The van der Waals surface area contributed by atoms with Gasteiger partial charge in [-0.2, -0.15) is 0 Å². The van der Waals surface area contributed by atoms with E-state index in [1.165, 1.54) is 4.90 Å². The SMILES string of the molecule is CCC[NH+](Cc1nnc(-c2ccco2)o1)Cc1cc(=O)oc2cc(CC)ccc12. The third-order valence-corrected chi connectivity index (χ3v) is 4.95. The van der Waals surface area contributed by atoms with Crippen molar-refractivity contribution >= 4 is 11.0 Å². The van der Waals surface area contributed by atoms with Gasteiger partial charge >= 0.3 is 5.63 Å². The van der Waals surface area contributed by atoms with E-state index in [4.69, 9.17) is 13.3 Å². The smallest absolute Gasteiger partial charge is 0.336 e. The molecule has 0 aliphatic carbocycles. The Morgan fingerprint density at radius 1 is 1.03 bits per heavy atom. The third kappa shape index (κ3) is 4.30. The molecule has 3 heterocycles. The number of benzene rings is 1. The number of aromatic nitrogens is 2. The van der Waals surface area contributed by atoms with E-state index in [1.54, 1.807) is 24.5 Å². The summed E-state index contributed by atoms with van der Waals surface area (Å²) in [6, 6.07) is 11.2. The van der Waals surface area contributed by atoms with Crippen molar-refractivity contribution < 1.29 is 18.2 Å². The second kappa shape index (κ2) is 8.45. The highest BCUT2D eigenvalue weighted by Gasteiger charge is 2.19. The van der Waals surface area contributed by atoms with Gasteiger partial charge in [0.25, 0.3) is 11.8 Å². The lowest BCUT2D eigenvalue weighted by Gasteiger charge is -2.18. The molecule has 1 unspecified atom stereocenters. The first-order chi connectivity index (χ1) is 14.2. The molecule has 1 N–H and O–H groups in total. The van der Waals surface area contributed by atoms with Crippen molar-refractivity contribution in [2.45, 2.75) is 39.8 Å². The van der Waals surface area contributed by atoms with E-state index in [1.807, 2.05) is 12.1 Å². The highest BCUT2D eigenvalue weighted by Crippen LogP contribution is 2.19. The molecule has 1 aromatic carbocycles. The van der Waals surface area contributed by atoms with Crippen LogP contribution in [0, 0.1) is 0 Å². The lowest BCUT2D eigenvalue weighted by atomic mass is 10.1. The summed E-state index contributed by atoms with van der Waals surface area (Å²) in [4.78, 5) is 13.3. The van der Waals surface area contributed by atoms with E-state index in [0.717, 1.165) is 35.9 Å². The van der Waals surface area contributed by atoms with Crippen molar-refractivity contribution in [1.82, 2.24) is 10.2 Å². The van der Waals surface area contributed by atoms with E-state index in [2.05, 4.69) is 30.1 Å². The van der Waals surface area contributed by atoms with Gasteiger partial charge < -0.3 is 18.2 Å². The predicted molar refractivity (Wildman–Crippen MR) is 107 cm³/mol. The molecule has 0 amide bonds. The number of nitrogens with zero attached hydrogens (tertiary/aromatic N) is 2. The average molecular weight is 394 g/mol. The van der Waals surface area contributed by atoms with Crippen molar-refractivity contribution in [3.05, 3.63) is 70.1 Å². The van der Waals surface area contributed by atoms with Gasteiger partial charge in [0.2, 0.25) is 0 Å². The number of hydrogen-bond acceptors (Lipinski definition) is 6. The monoisotopic (exact) mass is 394 g/mol. The van der Waals surface area contributed by atoms with E-state index in [0.29, 0.717) is 36.2 Å². The van der Waals surface area contributed by atoms with Gasteiger partial charge in [0.15, 0.2) is 12.3 Å². The van der Waals surface area contributed by atoms with E-state index in [-0.39, 0.29) is 5.63 Å². The molecule has 7 nitrogen and oxygen atoms in total. The number of rotatable bonds is 8. The van der Waals surface area contributed by atoms with Crippen molar-refractivity contribution in [2.75, 3.05) is 6.54 Å². The molecule has 0 spiro atoms. The Morgan fingerprint density at radius 2 is 1.93 bits per heavy atom. The molecule has 3 aromatic heterocycles. The van der Waals surface area contributed by atoms with Crippen LogP contribution in [0.4, 0.5) is 0 Å². The van der Waals surface area contributed by atoms with Crippen LogP contribution in [-0.2, 0) is 19.5 Å². The van der Waals surface area contributed by atoms with E-state index in [9.17, 15) is 4.79 Å². The normalized spacial score (nSPS) is 12.5. The first-order valence-corrected chi connectivity index (χ1v) is 9.91. The summed E-state index contributed by atoms with van der Waals surface area (Å²) in [5.74, 6) is 1.47. The Labute approximate surface area is 168 Å². The van der Waals surface area contributed by atoms with Gasteiger partial charge in [-0.05, 0) is 36.6 Å². The highest BCUT2D eigenvalue weighted by atomic mass is 16.4. The standard InChI is InChI=1S/C22H23N3O4/c1-3-9-25(14-20-23-24-22(29-20)18-6-5-10-27-18)13-16-12-21(26)28-19-11-15(4-2)7-8-17(16)19/h5-8,10-12H,3-4,9,13-14H2,1-2H3/p+1. The fraction of sp³-hybridized carbons (Fsp3) is 0.318. The summed E-state index contributed by atoms with van der Waals surface area (Å²) >= 11 is 0. The summed E-state index contributed by atoms with van der Waals surface area (Å²) in [6.07, 6.45) is 3.46. The Hall–Kier alpha value is -3.19. The molecule has 150 valence electrons. The van der Waals surface area contributed by atoms with Crippen LogP contribution in [0.5, 0.6) is 0 Å². The Balaban J connectivity index is 1.59. The van der Waals surface area contributed by atoms with Gasteiger partial charge in [0.05, 0.1) is 12.8 Å². The number of furan rings is 1. The van der Waals surface area contributed by atoms with Crippen molar-refractivity contribution in [2.24, 2.45) is 0 Å². The fourth-order valence-electron chi connectivity index (χ4n) is 3.54. The van der Waals surface area contributed by atoms with Crippen LogP contribution in [0.15, 0.2) is 60.7 Å². The van der Waals surface area contributed by atoms with Crippen LogP contribution < -0.4 is 10.5 Å². The van der Waals surface area contributed by atoms with Gasteiger partial charge in [-0.15, -0.1) is 10.2 Å². The second-order valence-electron chi connectivity index (χ2n) is 7.11. The predicted octanol–water partition coefficient (Wildman–Crippen LogP) is 2.99. The van der Waals surface area contributed by atoms with Gasteiger partial charge in [0, 0.05) is 17.0 Å². The van der Waals surface area contributed by atoms with Crippen molar-refractivity contribution in [3.63, 3.8) is 0 Å². The zero-order valence-electron chi connectivity index (χ0n) is 16.6. The maximum Gasteiger partial charge on any atom is 0.336 e. The largest absolute Gasteiger partial charge is 0.459 e. The molecule has 1 atom stereocenters. The number of quaternary nitrogens is 1. The number of fused-ring (bicyclic) bond motifs is 1. The molecule has 0 aliphatic heterocycles. The zero-order chi connectivity index (χ0) is 20.2. The van der Waals surface area contributed by atoms with Gasteiger partial charge in [0.1, 0.15) is 12.1 Å². The molecule has 0 radical (unpaired) electrons. The maximum absolute atomic E-state index is 12.1. The van der Waals surface area contributed by atoms with Crippen LogP contribution in [0.3, 0.4) is 0 Å². The summed E-state index contributed by atoms with van der Waals surface area (Å²) in [7, 11) is 0. The molecule has 0 bridgehead atoms. The van der Waals surface area contributed by atoms with E-state index < -0.39 is 0 Å². The molecule has 4 aromatic rings. The zero-order valence-corrected chi connectivity index (χ0v) is 16.6. The first kappa shape index (κ1) is 19.1. The fourth-order valence-corrected chi connectivity index (χ4v) is 3.54. The number of aryl methyl sites for hydroxylation is 1. The minimum Gasteiger partial charge on any atom is -0.459 e. The minimum atomic E-state index is -0.325. The summed E-state index contributed by atoms with van der Waals surface area (Å²) in [6.45, 7) is 6.36. The third-order valence-electron chi connectivity index (χ3n) is 4.95. The second-order valence-corrected chi connectivity index (χ2v) is 7.11. The molecule has 0 saturated heterocycles. The summed E-state index contributed by atoms with van der Waals surface area (Å²) in [5, 5.41) is 9.20. The lowest BCUT2D eigenvalue weighted by Crippen LogP contribution is -3.09. The summed E-state index contributed by atoms with van der Waals surface area (Å²) in [5.41, 5.74) is 2.43. The van der Waals surface area contributed by atoms with Crippen LogP contribution in [-0.4, -0.2) is 16.7 Å². The Bertz CT molecular complexity index is 1140. The molecule has 0 fully saturated rings. The first-order valence-electron chi connectivity index (χ1n) is 9.91. The Kier molecular flexibility index (Phi) is 5.57. The van der Waals surface area contributed by atoms with Crippen molar-refractivity contribution in [1.29, 1.82) is 0 Å². The molecule has 29 heavy (non-hydrogen) atoms. The maximum atomic E-state index is 12.1. The number of nitrogens with one attached hydrogen (secondary N) is 1. The van der Waals surface area contributed by atoms with Gasteiger partial charge in [-0.3, -0.25) is 0 Å². The number of hydrogen-bond donors (Lipinski definition) is 1.